The van der Waals surface area contributed by atoms with E-state index in [0.29, 0.717) is 13.1 Å². The molecule has 0 saturated carbocycles. The SMILES string of the molecule is CCN(CCCN=[N+]=[N-])CC(C)(C)O. The quantitative estimate of drug-likeness (QED) is 0.294. The van der Waals surface area contributed by atoms with Gasteiger partial charge in [-0.25, -0.2) is 0 Å². The Balaban J connectivity index is 3.74. The van der Waals surface area contributed by atoms with E-state index in [-0.39, 0.29) is 0 Å². The highest BCUT2D eigenvalue weighted by molar-refractivity contribution is 4.71. The predicted octanol–water partition coefficient (Wildman–Crippen LogP) is 1.78. The maximum absolute atomic E-state index is 9.60. The molecule has 0 unspecified atom stereocenters. The lowest BCUT2D eigenvalue weighted by atomic mass is 10.1. The number of nitrogens with zero attached hydrogens (tertiary/aromatic N) is 4. The van der Waals surface area contributed by atoms with E-state index in [4.69, 9.17) is 5.53 Å². The summed E-state index contributed by atoms with van der Waals surface area (Å²) in [5, 5.41) is 13.1. The van der Waals surface area contributed by atoms with Gasteiger partial charge in [0.15, 0.2) is 0 Å². The van der Waals surface area contributed by atoms with Gasteiger partial charge in [0.2, 0.25) is 0 Å². The standard InChI is InChI=1S/C9H20N4O/c1-4-13(8-9(2,3)14)7-5-6-11-12-10/h14H,4-8H2,1-3H3. The monoisotopic (exact) mass is 200 g/mol. The van der Waals surface area contributed by atoms with Crippen LogP contribution < -0.4 is 0 Å². The lowest BCUT2D eigenvalue weighted by molar-refractivity contribution is 0.0377. The molecule has 0 aliphatic carbocycles. The van der Waals surface area contributed by atoms with Crippen LogP contribution in [0.15, 0.2) is 5.11 Å². The van der Waals surface area contributed by atoms with Crippen LogP contribution >= 0.6 is 0 Å². The average molecular weight is 200 g/mol. The number of hydrogen-bond acceptors (Lipinski definition) is 3. The van der Waals surface area contributed by atoms with Gasteiger partial charge in [-0.1, -0.05) is 12.0 Å². The van der Waals surface area contributed by atoms with Gasteiger partial charge in [0.05, 0.1) is 5.60 Å². The first-order valence-electron chi connectivity index (χ1n) is 4.95. The van der Waals surface area contributed by atoms with Crippen LogP contribution in [-0.4, -0.2) is 41.8 Å². The Labute approximate surface area is 85.3 Å². The Kier molecular flexibility index (Phi) is 6.28. The van der Waals surface area contributed by atoms with Crippen LogP contribution in [0.3, 0.4) is 0 Å². The van der Waals surface area contributed by atoms with Crippen molar-refractivity contribution >= 4 is 0 Å². The summed E-state index contributed by atoms with van der Waals surface area (Å²) in [6.07, 6.45) is 0.841. The Hall–Kier alpha value is -0.770. The van der Waals surface area contributed by atoms with E-state index in [9.17, 15) is 5.11 Å². The first kappa shape index (κ1) is 13.2. The largest absolute Gasteiger partial charge is 0.389 e. The Morgan fingerprint density at radius 1 is 1.50 bits per heavy atom. The van der Waals surface area contributed by atoms with E-state index < -0.39 is 5.60 Å². The highest BCUT2D eigenvalue weighted by Crippen LogP contribution is 2.05. The number of hydrogen-bond donors (Lipinski definition) is 1. The summed E-state index contributed by atoms with van der Waals surface area (Å²) in [5.74, 6) is 0. The molecular weight excluding hydrogens is 180 g/mol. The fourth-order valence-electron chi connectivity index (χ4n) is 1.31. The van der Waals surface area contributed by atoms with Crippen molar-refractivity contribution in [2.45, 2.75) is 32.8 Å². The van der Waals surface area contributed by atoms with E-state index in [1.807, 2.05) is 0 Å². The van der Waals surface area contributed by atoms with E-state index in [1.54, 1.807) is 13.8 Å². The first-order chi connectivity index (χ1) is 6.49. The van der Waals surface area contributed by atoms with Crippen molar-refractivity contribution in [3.63, 3.8) is 0 Å². The molecule has 1 N–H and O–H groups in total. The fraction of sp³-hybridized carbons (Fsp3) is 1.00. The number of likely N-dealkylation sites (N-methyl/N-ethyl adjacent to an activating group) is 1. The van der Waals surface area contributed by atoms with E-state index in [0.717, 1.165) is 19.5 Å². The molecule has 0 heterocycles. The molecule has 0 radical (unpaired) electrons. The molecular formula is C9H20N4O. The summed E-state index contributed by atoms with van der Waals surface area (Å²) >= 11 is 0. The third kappa shape index (κ3) is 7.86. The van der Waals surface area contributed by atoms with Gasteiger partial charge in [-0.3, -0.25) is 0 Å². The molecule has 0 rings (SSSR count). The van der Waals surface area contributed by atoms with E-state index in [2.05, 4.69) is 21.8 Å². The number of azide groups is 1. The van der Waals surface area contributed by atoms with E-state index in [1.165, 1.54) is 0 Å². The maximum Gasteiger partial charge on any atom is 0.0718 e. The third-order valence-electron chi connectivity index (χ3n) is 1.85. The molecule has 0 bridgehead atoms. The molecule has 0 aromatic carbocycles. The minimum atomic E-state index is -0.658. The van der Waals surface area contributed by atoms with Crippen molar-refractivity contribution in [1.82, 2.24) is 4.90 Å². The summed E-state index contributed by atoms with van der Waals surface area (Å²) in [6, 6.07) is 0. The second kappa shape index (κ2) is 6.65. The zero-order valence-corrected chi connectivity index (χ0v) is 9.27. The first-order valence-corrected chi connectivity index (χ1v) is 4.95. The van der Waals surface area contributed by atoms with Crippen LogP contribution in [0.4, 0.5) is 0 Å². The van der Waals surface area contributed by atoms with Gasteiger partial charge >= 0.3 is 0 Å². The molecule has 0 spiro atoms. The Morgan fingerprint density at radius 2 is 2.14 bits per heavy atom. The summed E-state index contributed by atoms with van der Waals surface area (Å²) in [4.78, 5) is 4.84. The second-order valence-electron chi connectivity index (χ2n) is 3.99. The van der Waals surface area contributed by atoms with Gasteiger partial charge in [0.25, 0.3) is 0 Å². The van der Waals surface area contributed by atoms with Crippen LogP contribution in [-0.2, 0) is 0 Å². The molecule has 14 heavy (non-hydrogen) atoms. The van der Waals surface area contributed by atoms with Crippen molar-refractivity contribution in [3.05, 3.63) is 10.4 Å². The van der Waals surface area contributed by atoms with Gasteiger partial charge in [-0.05, 0) is 38.9 Å². The molecule has 0 aromatic heterocycles. The van der Waals surface area contributed by atoms with Gasteiger partial charge < -0.3 is 10.0 Å². The molecule has 82 valence electrons. The summed E-state index contributed by atoms with van der Waals surface area (Å²) < 4.78 is 0. The molecule has 0 aromatic rings. The molecule has 5 heteroatoms. The van der Waals surface area contributed by atoms with Crippen LogP contribution in [0.5, 0.6) is 0 Å². The predicted molar refractivity (Wildman–Crippen MR) is 57.0 cm³/mol. The molecule has 5 nitrogen and oxygen atoms in total. The normalized spacial score (nSPS) is 11.5. The van der Waals surface area contributed by atoms with E-state index >= 15 is 0 Å². The van der Waals surface area contributed by atoms with Crippen molar-refractivity contribution in [2.75, 3.05) is 26.2 Å². The number of aliphatic hydroxyl groups is 1. The summed E-state index contributed by atoms with van der Waals surface area (Å²) in [6.45, 7) is 8.59. The van der Waals surface area contributed by atoms with Gasteiger partial charge in [0.1, 0.15) is 0 Å². The fourth-order valence-corrected chi connectivity index (χ4v) is 1.31. The van der Waals surface area contributed by atoms with Gasteiger partial charge in [-0.2, -0.15) is 0 Å². The van der Waals surface area contributed by atoms with Crippen LogP contribution in [0.2, 0.25) is 0 Å². The summed E-state index contributed by atoms with van der Waals surface area (Å²) in [5.41, 5.74) is 7.42. The van der Waals surface area contributed by atoms with Crippen molar-refractivity contribution in [2.24, 2.45) is 5.11 Å². The third-order valence-corrected chi connectivity index (χ3v) is 1.85. The lowest BCUT2D eigenvalue weighted by Crippen LogP contribution is -2.39. The second-order valence-corrected chi connectivity index (χ2v) is 3.99. The van der Waals surface area contributed by atoms with Gasteiger partial charge in [-0.15, -0.1) is 0 Å². The summed E-state index contributed by atoms with van der Waals surface area (Å²) in [7, 11) is 0. The molecule has 0 fully saturated rings. The Morgan fingerprint density at radius 3 is 2.57 bits per heavy atom. The highest BCUT2D eigenvalue weighted by Gasteiger charge is 2.16. The molecule has 0 saturated heterocycles. The zero-order chi connectivity index (χ0) is 11.0. The highest BCUT2D eigenvalue weighted by atomic mass is 16.3. The average Bonchev–Trinajstić information content (AvgIpc) is 2.08. The smallest absolute Gasteiger partial charge is 0.0718 e. The lowest BCUT2D eigenvalue weighted by Gasteiger charge is -2.27. The van der Waals surface area contributed by atoms with Gasteiger partial charge in [0, 0.05) is 18.0 Å². The topological polar surface area (TPSA) is 72.2 Å². The Bertz CT molecular complexity index is 193. The zero-order valence-electron chi connectivity index (χ0n) is 9.27. The molecule has 0 atom stereocenters. The van der Waals surface area contributed by atoms with Crippen LogP contribution in [0, 0.1) is 0 Å². The molecule has 0 amide bonds. The molecule has 0 aliphatic heterocycles. The van der Waals surface area contributed by atoms with Crippen molar-refractivity contribution < 1.29 is 5.11 Å². The van der Waals surface area contributed by atoms with Crippen LogP contribution in [0.1, 0.15) is 27.2 Å². The minimum Gasteiger partial charge on any atom is -0.389 e. The van der Waals surface area contributed by atoms with Crippen molar-refractivity contribution in [3.8, 4) is 0 Å². The molecule has 0 aliphatic rings. The van der Waals surface area contributed by atoms with Crippen LogP contribution in [0.25, 0.3) is 10.4 Å². The minimum absolute atomic E-state index is 0.527. The number of rotatable bonds is 7. The van der Waals surface area contributed by atoms with Crippen molar-refractivity contribution in [1.29, 1.82) is 0 Å². The maximum atomic E-state index is 9.60.